The van der Waals surface area contributed by atoms with Gasteiger partial charge in [0.25, 0.3) is 0 Å². The van der Waals surface area contributed by atoms with E-state index in [4.69, 9.17) is 10.00 Å². The van der Waals surface area contributed by atoms with E-state index >= 15 is 0 Å². The molecule has 0 aliphatic rings. The van der Waals surface area contributed by atoms with Gasteiger partial charge in [0.15, 0.2) is 0 Å². The maximum absolute atomic E-state index is 13.1. The standard InChI is InChI=1S/C10H9BrFNO/c1-6(5-13)7-3-8(11)9(12)4-10(7)14-2/h3-4,6H,1-2H3. The summed E-state index contributed by atoms with van der Waals surface area (Å²) < 4.78 is 18.4. The molecule has 1 aromatic rings. The van der Waals surface area contributed by atoms with Crippen molar-refractivity contribution in [1.82, 2.24) is 0 Å². The van der Waals surface area contributed by atoms with E-state index in [1.165, 1.54) is 13.2 Å². The zero-order valence-electron chi connectivity index (χ0n) is 7.84. The lowest BCUT2D eigenvalue weighted by Gasteiger charge is -2.10. The Morgan fingerprint density at radius 2 is 2.21 bits per heavy atom. The first kappa shape index (κ1) is 11.0. The molecule has 1 unspecified atom stereocenters. The van der Waals surface area contributed by atoms with Gasteiger partial charge in [-0.05, 0) is 28.9 Å². The summed E-state index contributed by atoms with van der Waals surface area (Å²) in [6, 6.07) is 4.92. The number of hydrogen-bond acceptors (Lipinski definition) is 2. The molecule has 0 amide bonds. The van der Waals surface area contributed by atoms with Gasteiger partial charge in [0, 0.05) is 11.6 Å². The Balaban J connectivity index is 3.28. The van der Waals surface area contributed by atoms with Gasteiger partial charge in [-0.3, -0.25) is 0 Å². The van der Waals surface area contributed by atoms with Crippen LogP contribution in [0.2, 0.25) is 0 Å². The Labute approximate surface area is 90.4 Å². The Bertz CT molecular complexity index is 386. The van der Waals surface area contributed by atoms with Crippen LogP contribution in [0, 0.1) is 17.1 Å². The lowest BCUT2D eigenvalue weighted by Crippen LogP contribution is -1.97. The highest BCUT2D eigenvalue weighted by Crippen LogP contribution is 2.31. The van der Waals surface area contributed by atoms with Crippen molar-refractivity contribution in [3.63, 3.8) is 0 Å². The van der Waals surface area contributed by atoms with Gasteiger partial charge in [-0.2, -0.15) is 5.26 Å². The zero-order valence-corrected chi connectivity index (χ0v) is 9.43. The molecular formula is C10H9BrFNO. The summed E-state index contributed by atoms with van der Waals surface area (Å²) >= 11 is 3.07. The van der Waals surface area contributed by atoms with Gasteiger partial charge in [0.05, 0.1) is 23.6 Å². The van der Waals surface area contributed by atoms with E-state index in [9.17, 15) is 4.39 Å². The number of methoxy groups -OCH3 is 1. The third-order valence-electron chi connectivity index (χ3n) is 1.93. The third kappa shape index (κ3) is 2.05. The molecule has 2 nitrogen and oxygen atoms in total. The van der Waals surface area contributed by atoms with Crippen molar-refractivity contribution < 1.29 is 9.13 Å². The number of nitrogens with zero attached hydrogens (tertiary/aromatic N) is 1. The Morgan fingerprint density at radius 3 is 2.71 bits per heavy atom. The van der Waals surface area contributed by atoms with Gasteiger partial charge < -0.3 is 4.74 Å². The van der Waals surface area contributed by atoms with Crippen LogP contribution in [-0.4, -0.2) is 7.11 Å². The summed E-state index contributed by atoms with van der Waals surface area (Å²) in [6.07, 6.45) is 0. The highest BCUT2D eigenvalue weighted by molar-refractivity contribution is 9.10. The minimum absolute atomic E-state index is 0.318. The maximum atomic E-state index is 13.1. The second-order valence-electron chi connectivity index (χ2n) is 2.86. The third-order valence-corrected chi connectivity index (χ3v) is 2.54. The number of ether oxygens (including phenoxy) is 1. The molecule has 4 heteroatoms. The Kier molecular flexibility index (Phi) is 3.48. The summed E-state index contributed by atoms with van der Waals surface area (Å²) in [5.74, 6) is -0.308. The van der Waals surface area contributed by atoms with Crippen molar-refractivity contribution in [2.45, 2.75) is 12.8 Å². The zero-order chi connectivity index (χ0) is 10.7. The molecule has 0 aliphatic carbocycles. The van der Waals surface area contributed by atoms with Gasteiger partial charge >= 0.3 is 0 Å². The van der Waals surface area contributed by atoms with E-state index < -0.39 is 5.82 Å². The highest BCUT2D eigenvalue weighted by atomic mass is 79.9. The molecule has 1 rings (SSSR count). The van der Waals surface area contributed by atoms with Gasteiger partial charge in [-0.1, -0.05) is 0 Å². The van der Waals surface area contributed by atoms with Crippen LogP contribution in [0.3, 0.4) is 0 Å². The van der Waals surface area contributed by atoms with Crippen molar-refractivity contribution in [3.8, 4) is 11.8 Å². The number of benzene rings is 1. The largest absolute Gasteiger partial charge is 0.496 e. The van der Waals surface area contributed by atoms with E-state index in [1.807, 2.05) is 0 Å². The first-order valence-electron chi connectivity index (χ1n) is 4.02. The SMILES string of the molecule is COc1cc(F)c(Br)cc1C(C)C#N. The van der Waals surface area contributed by atoms with E-state index in [0.717, 1.165) is 0 Å². The van der Waals surface area contributed by atoms with Crippen LogP contribution in [0.15, 0.2) is 16.6 Å². The Morgan fingerprint density at radius 1 is 1.57 bits per heavy atom. The number of nitriles is 1. The Hall–Kier alpha value is -1.08. The molecule has 0 spiro atoms. The van der Waals surface area contributed by atoms with E-state index in [1.54, 1.807) is 13.0 Å². The molecular weight excluding hydrogens is 249 g/mol. The summed E-state index contributed by atoms with van der Waals surface area (Å²) in [5, 5.41) is 8.75. The van der Waals surface area contributed by atoms with Crippen molar-refractivity contribution in [1.29, 1.82) is 5.26 Å². The molecule has 0 heterocycles. The van der Waals surface area contributed by atoms with Gasteiger partial charge in [0.2, 0.25) is 0 Å². The normalized spacial score (nSPS) is 11.9. The van der Waals surface area contributed by atoms with Crippen LogP contribution < -0.4 is 4.74 Å². The molecule has 0 aliphatic heterocycles. The minimum atomic E-state index is -0.393. The van der Waals surface area contributed by atoms with Crippen LogP contribution >= 0.6 is 15.9 Å². The molecule has 0 fully saturated rings. The summed E-state index contributed by atoms with van der Waals surface area (Å²) in [6.45, 7) is 1.74. The molecule has 1 aromatic carbocycles. The smallest absolute Gasteiger partial charge is 0.141 e. The summed E-state index contributed by atoms with van der Waals surface area (Å²) in [4.78, 5) is 0. The molecule has 0 aromatic heterocycles. The van der Waals surface area contributed by atoms with Gasteiger partial charge in [-0.25, -0.2) is 4.39 Å². The van der Waals surface area contributed by atoms with Crippen molar-refractivity contribution in [3.05, 3.63) is 28.0 Å². The molecule has 74 valence electrons. The molecule has 0 radical (unpaired) electrons. The van der Waals surface area contributed by atoms with Crippen molar-refractivity contribution in [2.24, 2.45) is 0 Å². The lowest BCUT2D eigenvalue weighted by atomic mass is 10.0. The second kappa shape index (κ2) is 4.43. The fourth-order valence-corrected chi connectivity index (χ4v) is 1.49. The topological polar surface area (TPSA) is 33.0 Å². The van der Waals surface area contributed by atoms with Crippen LogP contribution in [-0.2, 0) is 0 Å². The van der Waals surface area contributed by atoms with Gasteiger partial charge in [0.1, 0.15) is 11.6 Å². The molecule has 0 saturated carbocycles. The first-order chi connectivity index (χ1) is 6.60. The average molecular weight is 258 g/mol. The quantitative estimate of drug-likeness (QED) is 0.815. The summed E-state index contributed by atoms with van der Waals surface area (Å²) in [5.41, 5.74) is 0.684. The molecule has 14 heavy (non-hydrogen) atoms. The van der Waals surface area contributed by atoms with Crippen LogP contribution in [0.4, 0.5) is 4.39 Å². The predicted molar refractivity (Wildman–Crippen MR) is 54.7 cm³/mol. The molecule has 0 saturated heterocycles. The van der Waals surface area contributed by atoms with Gasteiger partial charge in [-0.15, -0.1) is 0 Å². The molecule has 1 atom stereocenters. The number of hydrogen-bond donors (Lipinski definition) is 0. The minimum Gasteiger partial charge on any atom is -0.496 e. The maximum Gasteiger partial charge on any atom is 0.141 e. The van der Waals surface area contributed by atoms with E-state index in [2.05, 4.69) is 22.0 Å². The molecule has 0 N–H and O–H groups in total. The first-order valence-corrected chi connectivity index (χ1v) is 4.82. The van der Waals surface area contributed by atoms with Crippen LogP contribution in [0.25, 0.3) is 0 Å². The van der Waals surface area contributed by atoms with E-state index in [0.29, 0.717) is 15.8 Å². The fourth-order valence-electron chi connectivity index (χ4n) is 1.13. The number of halogens is 2. The van der Waals surface area contributed by atoms with Crippen molar-refractivity contribution in [2.75, 3.05) is 7.11 Å². The average Bonchev–Trinajstić information content (AvgIpc) is 2.20. The van der Waals surface area contributed by atoms with Crippen LogP contribution in [0.1, 0.15) is 18.4 Å². The lowest BCUT2D eigenvalue weighted by molar-refractivity contribution is 0.405. The monoisotopic (exact) mass is 257 g/mol. The predicted octanol–water partition coefficient (Wildman–Crippen LogP) is 3.22. The van der Waals surface area contributed by atoms with Crippen molar-refractivity contribution >= 4 is 15.9 Å². The summed E-state index contributed by atoms with van der Waals surface area (Å²) in [7, 11) is 1.45. The van der Waals surface area contributed by atoms with Crippen LogP contribution in [0.5, 0.6) is 5.75 Å². The second-order valence-corrected chi connectivity index (χ2v) is 3.71. The molecule has 0 bridgehead atoms. The van der Waals surface area contributed by atoms with E-state index in [-0.39, 0.29) is 5.92 Å². The fraction of sp³-hybridized carbons (Fsp3) is 0.300. The highest BCUT2D eigenvalue weighted by Gasteiger charge is 2.13. The number of rotatable bonds is 2.